The lowest BCUT2D eigenvalue weighted by atomic mass is 10.2. The molecule has 0 radical (unpaired) electrons. The quantitative estimate of drug-likeness (QED) is 0.688. The molecule has 2 aromatic rings. The van der Waals surface area contributed by atoms with Crippen LogP contribution in [0.3, 0.4) is 0 Å². The standard InChI is InChI=1S/C11H13N3/c12-6-3-7-13-11-8-14-10-5-2-1-4-9(10)11/h1-6,8,13-14H,7,12H2. The van der Waals surface area contributed by atoms with Crippen molar-refractivity contribution in [3.63, 3.8) is 0 Å². The summed E-state index contributed by atoms with van der Waals surface area (Å²) in [6, 6.07) is 8.18. The minimum atomic E-state index is 0.748. The normalized spacial score (nSPS) is 11.1. The summed E-state index contributed by atoms with van der Waals surface area (Å²) in [5, 5.41) is 4.48. The Bertz CT molecular complexity index is 442. The summed E-state index contributed by atoms with van der Waals surface area (Å²) in [6.45, 7) is 0.748. The second-order valence-corrected chi connectivity index (χ2v) is 3.06. The number of hydrogen-bond donors (Lipinski definition) is 3. The van der Waals surface area contributed by atoms with Gasteiger partial charge in [-0.1, -0.05) is 18.2 Å². The zero-order valence-electron chi connectivity index (χ0n) is 7.83. The van der Waals surface area contributed by atoms with Crippen molar-refractivity contribution in [3.8, 4) is 0 Å². The van der Waals surface area contributed by atoms with Gasteiger partial charge in [-0.05, 0) is 18.3 Å². The topological polar surface area (TPSA) is 53.8 Å². The van der Waals surface area contributed by atoms with Crippen molar-refractivity contribution in [1.82, 2.24) is 4.98 Å². The van der Waals surface area contributed by atoms with Gasteiger partial charge in [0.05, 0.1) is 5.69 Å². The van der Waals surface area contributed by atoms with Crippen LogP contribution < -0.4 is 11.1 Å². The molecule has 1 aromatic carbocycles. The summed E-state index contributed by atoms with van der Waals surface area (Å²) >= 11 is 0. The maximum atomic E-state index is 5.25. The van der Waals surface area contributed by atoms with E-state index in [0.29, 0.717) is 0 Å². The van der Waals surface area contributed by atoms with Crippen LogP contribution in [0.2, 0.25) is 0 Å². The molecule has 14 heavy (non-hydrogen) atoms. The van der Waals surface area contributed by atoms with E-state index in [1.54, 1.807) is 6.20 Å². The van der Waals surface area contributed by atoms with Crippen LogP contribution in [-0.4, -0.2) is 11.5 Å². The fourth-order valence-corrected chi connectivity index (χ4v) is 1.45. The number of aromatic amines is 1. The Kier molecular flexibility index (Phi) is 2.40. The zero-order chi connectivity index (χ0) is 9.80. The zero-order valence-corrected chi connectivity index (χ0v) is 7.83. The molecule has 0 bridgehead atoms. The maximum Gasteiger partial charge on any atom is 0.0600 e. The van der Waals surface area contributed by atoms with E-state index < -0.39 is 0 Å². The van der Waals surface area contributed by atoms with Gasteiger partial charge in [-0.15, -0.1) is 0 Å². The summed E-state index contributed by atoms with van der Waals surface area (Å²) in [5.41, 5.74) is 7.51. The highest BCUT2D eigenvalue weighted by atomic mass is 14.9. The molecule has 3 heteroatoms. The summed E-state index contributed by atoms with van der Waals surface area (Å²) in [7, 11) is 0. The molecule has 0 aliphatic carbocycles. The lowest BCUT2D eigenvalue weighted by molar-refractivity contribution is 1.32. The van der Waals surface area contributed by atoms with Gasteiger partial charge >= 0.3 is 0 Å². The van der Waals surface area contributed by atoms with Crippen LogP contribution in [-0.2, 0) is 0 Å². The number of rotatable bonds is 3. The number of hydrogen-bond acceptors (Lipinski definition) is 2. The molecule has 0 aliphatic heterocycles. The molecule has 0 unspecified atom stereocenters. The van der Waals surface area contributed by atoms with E-state index in [2.05, 4.69) is 22.4 Å². The molecular weight excluding hydrogens is 174 g/mol. The van der Waals surface area contributed by atoms with Crippen molar-refractivity contribution < 1.29 is 0 Å². The van der Waals surface area contributed by atoms with Gasteiger partial charge < -0.3 is 16.0 Å². The Morgan fingerprint density at radius 1 is 1.36 bits per heavy atom. The van der Waals surface area contributed by atoms with Gasteiger partial charge in [0.25, 0.3) is 0 Å². The molecule has 3 nitrogen and oxygen atoms in total. The van der Waals surface area contributed by atoms with Gasteiger partial charge in [-0.2, -0.15) is 0 Å². The minimum absolute atomic E-state index is 0.748. The molecule has 0 fully saturated rings. The van der Waals surface area contributed by atoms with Crippen LogP contribution in [0.25, 0.3) is 10.9 Å². The summed E-state index contributed by atoms with van der Waals surface area (Å²) < 4.78 is 0. The van der Waals surface area contributed by atoms with Crippen molar-refractivity contribution in [1.29, 1.82) is 0 Å². The second kappa shape index (κ2) is 3.87. The van der Waals surface area contributed by atoms with Gasteiger partial charge in [0.15, 0.2) is 0 Å². The van der Waals surface area contributed by atoms with Crippen molar-refractivity contribution in [2.45, 2.75) is 0 Å². The SMILES string of the molecule is NC=CCNc1c[nH]c2ccccc12. The molecule has 4 N–H and O–H groups in total. The highest BCUT2D eigenvalue weighted by molar-refractivity contribution is 5.92. The van der Waals surface area contributed by atoms with Crippen molar-refractivity contribution >= 4 is 16.6 Å². The third-order valence-electron chi connectivity index (χ3n) is 2.14. The molecular formula is C11H13N3. The predicted molar refractivity (Wildman–Crippen MR) is 60.1 cm³/mol. The van der Waals surface area contributed by atoms with Gasteiger partial charge in [-0.3, -0.25) is 0 Å². The predicted octanol–water partition coefficient (Wildman–Crippen LogP) is 2.05. The molecule has 0 spiro atoms. The van der Waals surface area contributed by atoms with Crippen molar-refractivity contribution in [2.24, 2.45) is 5.73 Å². The van der Waals surface area contributed by atoms with Gasteiger partial charge in [-0.25, -0.2) is 0 Å². The Morgan fingerprint density at radius 2 is 2.21 bits per heavy atom. The number of nitrogens with one attached hydrogen (secondary N) is 2. The average molecular weight is 187 g/mol. The Hall–Kier alpha value is -1.90. The lowest BCUT2D eigenvalue weighted by Crippen LogP contribution is -1.97. The van der Waals surface area contributed by atoms with E-state index in [0.717, 1.165) is 17.7 Å². The van der Waals surface area contributed by atoms with Gasteiger partial charge in [0, 0.05) is 23.6 Å². The molecule has 2 rings (SSSR count). The third kappa shape index (κ3) is 1.57. The summed E-state index contributed by atoms with van der Waals surface area (Å²) in [5.74, 6) is 0. The largest absolute Gasteiger partial charge is 0.405 e. The van der Waals surface area contributed by atoms with Gasteiger partial charge in [0.2, 0.25) is 0 Å². The summed E-state index contributed by atoms with van der Waals surface area (Å²) in [4.78, 5) is 3.20. The first-order valence-electron chi connectivity index (χ1n) is 4.58. The van der Waals surface area contributed by atoms with Crippen LogP contribution in [0.15, 0.2) is 42.7 Å². The van der Waals surface area contributed by atoms with Crippen molar-refractivity contribution in [3.05, 3.63) is 42.7 Å². The monoisotopic (exact) mass is 187 g/mol. The number of nitrogens with two attached hydrogens (primary N) is 1. The summed E-state index contributed by atoms with van der Waals surface area (Å²) in [6.07, 6.45) is 5.39. The number of aromatic nitrogens is 1. The van der Waals surface area contributed by atoms with E-state index in [1.165, 1.54) is 5.39 Å². The second-order valence-electron chi connectivity index (χ2n) is 3.06. The average Bonchev–Trinajstić information content (AvgIpc) is 2.63. The van der Waals surface area contributed by atoms with E-state index >= 15 is 0 Å². The Morgan fingerprint density at radius 3 is 3.07 bits per heavy atom. The van der Waals surface area contributed by atoms with E-state index in [9.17, 15) is 0 Å². The van der Waals surface area contributed by atoms with E-state index in [-0.39, 0.29) is 0 Å². The van der Waals surface area contributed by atoms with Crippen LogP contribution in [0.1, 0.15) is 0 Å². The van der Waals surface area contributed by atoms with Crippen LogP contribution in [0.5, 0.6) is 0 Å². The smallest absolute Gasteiger partial charge is 0.0600 e. The first-order valence-corrected chi connectivity index (χ1v) is 4.58. The fraction of sp³-hybridized carbons (Fsp3) is 0.0909. The number of benzene rings is 1. The fourth-order valence-electron chi connectivity index (χ4n) is 1.45. The number of H-pyrrole nitrogens is 1. The van der Waals surface area contributed by atoms with Crippen LogP contribution >= 0.6 is 0 Å². The highest BCUT2D eigenvalue weighted by Crippen LogP contribution is 2.21. The molecule has 1 aromatic heterocycles. The first kappa shape index (κ1) is 8.69. The molecule has 0 saturated heterocycles. The third-order valence-corrected chi connectivity index (χ3v) is 2.14. The number of para-hydroxylation sites is 1. The van der Waals surface area contributed by atoms with Crippen LogP contribution in [0, 0.1) is 0 Å². The van der Waals surface area contributed by atoms with Crippen LogP contribution in [0.4, 0.5) is 5.69 Å². The van der Waals surface area contributed by atoms with Gasteiger partial charge in [0.1, 0.15) is 0 Å². The molecule has 0 amide bonds. The highest BCUT2D eigenvalue weighted by Gasteiger charge is 1.99. The molecule has 72 valence electrons. The van der Waals surface area contributed by atoms with Crippen molar-refractivity contribution in [2.75, 3.05) is 11.9 Å². The maximum absolute atomic E-state index is 5.25. The first-order chi connectivity index (χ1) is 6.92. The molecule has 0 saturated carbocycles. The Labute approximate surface area is 82.6 Å². The Balaban J connectivity index is 2.25. The number of anilines is 1. The molecule has 0 atom stereocenters. The van der Waals surface area contributed by atoms with E-state index in [4.69, 9.17) is 5.73 Å². The van der Waals surface area contributed by atoms with E-state index in [1.807, 2.05) is 24.4 Å². The number of fused-ring (bicyclic) bond motifs is 1. The molecule has 1 heterocycles. The minimum Gasteiger partial charge on any atom is -0.405 e. The lowest BCUT2D eigenvalue weighted by Gasteiger charge is -1.99. The molecule has 0 aliphatic rings.